The van der Waals surface area contributed by atoms with Crippen LogP contribution in [0.1, 0.15) is 16.1 Å². The van der Waals surface area contributed by atoms with Crippen molar-refractivity contribution in [3.63, 3.8) is 0 Å². The Labute approximate surface area is 160 Å². The number of carbonyl (C=O) groups excluding carboxylic acids is 1. The van der Waals surface area contributed by atoms with Gasteiger partial charge in [-0.1, -0.05) is 29.3 Å². The number of halogens is 2. The maximum atomic E-state index is 12.2. The Morgan fingerprint density at radius 2 is 1.62 bits per heavy atom. The Kier molecular flexibility index (Phi) is 5.37. The first-order valence-electron chi connectivity index (χ1n) is 7.55. The molecule has 0 unspecified atom stereocenters. The van der Waals surface area contributed by atoms with Gasteiger partial charge in [0.2, 0.25) is 0 Å². The fourth-order valence-corrected chi connectivity index (χ4v) is 2.68. The molecular formula is C19H12Cl2N4O. The van der Waals surface area contributed by atoms with Crippen LogP contribution in [0.15, 0.2) is 60.8 Å². The molecule has 1 aromatic heterocycles. The van der Waals surface area contributed by atoms with Gasteiger partial charge in [-0.3, -0.25) is 4.79 Å². The molecule has 0 radical (unpaired) electrons. The first-order chi connectivity index (χ1) is 12.6. The summed E-state index contributed by atoms with van der Waals surface area (Å²) in [5, 5.41) is 15.6. The van der Waals surface area contributed by atoms with Crippen molar-refractivity contribution in [3.05, 3.63) is 82.1 Å². The molecular weight excluding hydrogens is 371 g/mol. The lowest BCUT2D eigenvalue weighted by Crippen LogP contribution is -2.13. The molecule has 26 heavy (non-hydrogen) atoms. The predicted octanol–water partition coefficient (Wildman–Crippen LogP) is 5.26. The summed E-state index contributed by atoms with van der Waals surface area (Å²) < 4.78 is 0. The largest absolute Gasteiger partial charge is 0.352 e. The number of carbonyl (C=O) groups is 1. The molecule has 2 aromatic carbocycles. The van der Waals surface area contributed by atoms with Crippen molar-refractivity contribution in [2.24, 2.45) is 0 Å². The van der Waals surface area contributed by atoms with E-state index in [2.05, 4.69) is 15.6 Å². The fraction of sp³-hybridized carbons (Fsp3) is 0. The topological polar surface area (TPSA) is 77.8 Å². The minimum atomic E-state index is -0.350. The van der Waals surface area contributed by atoms with Gasteiger partial charge in [-0.2, -0.15) is 5.26 Å². The van der Waals surface area contributed by atoms with E-state index in [0.29, 0.717) is 32.7 Å². The lowest BCUT2D eigenvalue weighted by atomic mass is 10.2. The highest BCUT2D eigenvalue weighted by molar-refractivity contribution is 6.39. The minimum absolute atomic E-state index is 0.255. The number of nitriles is 1. The summed E-state index contributed by atoms with van der Waals surface area (Å²) in [5.74, 6) is -0.350. The molecule has 0 bridgehead atoms. The summed E-state index contributed by atoms with van der Waals surface area (Å²) in [5.41, 5.74) is 2.59. The van der Waals surface area contributed by atoms with E-state index in [1.807, 2.05) is 6.07 Å². The van der Waals surface area contributed by atoms with E-state index in [-0.39, 0.29) is 11.6 Å². The molecule has 2 N–H and O–H groups in total. The molecule has 0 atom stereocenters. The van der Waals surface area contributed by atoms with Crippen LogP contribution in [-0.4, -0.2) is 10.9 Å². The Hall–Kier alpha value is -3.07. The van der Waals surface area contributed by atoms with Crippen LogP contribution >= 0.6 is 23.2 Å². The summed E-state index contributed by atoms with van der Waals surface area (Å²) >= 11 is 12.2. The van der Waals surface area contributed by atoms with Crippen LogP contribution < -0.4 is 10.6 Å². The number of benzene rings is 2. The van der Waals surface area contributed by atoms with E-state index < -0.39 is 0 Å². The van der Waals surface area contributed by atoms with Gasteiger partial charge >= 0.3 is 0 Å². The third kappa shape index (κ3) is 4.12. The van der Waals surface area contributed by atoms with Crippen LogP contribution in [0.3, 0.4) is 0 Å². The maximum absolute atomic E-state index is 12.2. The third-order valence-corrected chi connectivity index (χ3v) is 4.13. The summed E-state index contributed by atoms with van der Waals surface area (Å²) in [6, 6.07) is 17.1. The highest BCUT2D eigenvalue weighted by Crippen LogP contribution is 2.32. The molecule has 0 saturated carbocycles. The molecule has 0 fully saturated rings. The zero-order valence-corrected chi connectivity index (χ0v) is 14.8. The molecule has 1 amide bonds. The van der Waals surface area contributed by atoms with E-state index in [9.17, 15) is 4.79 Å². The molecule has 0 aliphatic rings. The second-order valence-corrected chi connectivity index (χ2v) is 6.11. The van der Waals surface area contributed by atoms with Gasteiger partial charge in [-0.25, -0.2) is 4.98 Å². The lowest BCUT2D eigenvalue weighted by Gasteiger charge is -2.10. The van der Waals surface area contributed by atoms with Gasteiger partial charge in [0.25, 0.3) is 5.91 Å². The van der Waals surface area contributed by atoms with Crippen LogP contribution in [0.4, 0.5) is 17.1 Å². The number of amides is 1. The Morgan fingerprint density at radius 3 is 2.19 bits per heavy atom. The second kappa shape index (κ2) is 7.87. The average molecular weight is 383 g/mol. The molecule has 0 saturated heterocycles. The maximum Gasteiger partial charge on any atom is 0.274 e. The van der Waals surface area contributed by atoms with E-state index >= 15 is 0 Å². The number of hydrogen-bond donors (Lipinski definition) is 2. The summed E-state index contributed by atoms with van der Waals surface area (Å²) in [6.45, 7) is 0. The molecule has 7 heteroatoms. The number of pyridine rings is 1. The van der Waals surface area contributed by atoms with Crippen molar-refractivity contribution in [2.75, 3.05) is 10.6 Å². The predicted molar refractivity (Wildman–Crippen MR) is 103 cm³/mol. The fourth-order valence-electron chi connectivity index (χ4n) is 2.19. The van der Waals surface area contributed by atoms with Gasteiger partial charge < -0.3 is 10.6 Å². The van der Waals surface area contributed by atoms with Gasteiger partial charge in [-0.05, 0) is 48.5 Å². The van der Waals surface area contributed by atoms with Crippen molar-refractivity contribution >= 4 is 46.2 Å². The van der Waals surface area contributed by atoms with Gasteiger partial charge in [0.15, 0.2) is 0 Å². The van der Waals surface area contributed by atoms with Crippen LogP contribution in [-0.2, 0) is 0 Å². The molecule has 0 aliphatic carbocycles. The number of hydrogen-bond acceptors (Lipinski definition) is 4. The van der Waals surface area contributed by atoms with Crippen LogP contribution in [0.25, 0.3) is 0 Å². The quantitative estimate of drug-likeness (QED) is 0.645. The standard InChI is InChI=1S/C19H12Cl2N4O/c20-15-2-1-3-16(21)18(15)24-14-8-9-17(23-11-14)19(26)25-13-6-4-12(10-22)5-7-13/h1-9,11,24H,(H,25,26). The first-order valence-corrected chi connectivity index (χ1v) is 8.31. The first kappa shape index (κ1) is 17.7. The molecule has 0 aliphatic heterocycles. The smallest absolute Gasteiger partial charge is 0.274 e. The van der Waals surface area contributed by atoms with E-state index in [4.69, 9.17) is 28.5 Å². The lowest BCUT2D eigenvalue weighted by molar-refractivity contribution is 0.102. The molecule has 0 spiro atoms. The van der Waals surface area contributed by atoms with Gasteiger partial charge in [0, 0.05) is 5.69 Å². The average Bonchev–Trinajstić information content (AvgIpc) is 2.66. The van der Waals surface area contributed by atoms with Crippen LogP contribution in [0.5, 0.6) is 0 Å². The monoisotopic (exact) mass is 382 g/mol. The van der Waals surface area contributed by atoms with E-state index in [1.165, 1.54) is 6.20 Å². The molecule has 3 rings (SSSR count). The van der Waals surface area contributed by atoms with Crippen molar-refractivity contribution in [2.45, 2.75) is 0 Å². The Bertz CT molecular complexity index is 960. The number of nitrogens with one attached hydrogen (secondary N) is 2. The highest BCUT2D eigenvalue weighted by Gasteiger charge is 2.09. The Morgan fingerprint density at radius 1 is 0.962 bits per heavy atom. The third-order valence-electron chi connectivity index (χ3n) is 3.50. The molecule has 3 aromatic rings. The second-order valence-electron chi connectivity index (χ2n) is 5.30. The van der Waals surface area contributed by atoms with Crippen LogP contribution in [0.2, 0.25) is 10.0 Å². The SMILES string of the molecule is N#Cc1ccc(NC(=O)c2ccc(Nc3c(Cl)cccc3Cl)cn2)cc1. The number of aromatic nitrogens is 1. The van der Waals surface area contributed by atoms with Gasteiger partial charge in [0.1, 0.15) is 5.69 Å². The summed E-state index contributed by atoms with van der Waals surface area (Å²) in [4.78, 5) is 16.4. The van der Waals surface area contributed by atoms with E-state index in [0.717, 1.165) is 0 Å². The molecule has 1 heterocycles. The highest BCUT2D eigenvalue weighted by atomic mass is 35.5. The number of nitrogens with zero attached hydrogens (tertiary/aromatic N) is 2. The van der Waals surface area contributed by atoms with Gasteiger partial charge in [0.05, 0.1) is 39.2 Å². The number of rotatable bonds is 4. The van der Waals surface area contributed by atoms with Gasteiger partial charge in [-0.15, -0.1) is 0 Å². The summed E-state index contributed by atoms with van der Waals surface area (Å²) in [6.07, 6.45) is 1.52. The minimum Gasteiger partial charge on any atom is -0.352 e. The number of anilines is 3. The Balaban J connectivity index is 1.70. The summed E-state index contributed by atoms with van der Waals surface area (Å²) in [7, 11) is 0. The van der Waals surface area contributed by atoms with Crippen molar-refractivity contribution in [3.8, 4) is 6.07 Å². The molecule has 5 nitrogen and oxygen atoms in total. The normalized spacial score (nSPS) is 10.0. The zero-order chi connectivity index (χ0) is 18.5. The van der Waals surface area contributed by atoms with Crippen molar-refractivity contribution in [1.82, 2.24) is 4.98 Å². The van der Waals surface area contributed by atoms with Crippen molar-refractivity contribution < 1.29 is 4.79 Å². The number of para-hydroxylation sites is 1. The van der Waals surface area contributed by atoms with Crippen LogP contribution in [0, 0.1) is 11.3 Å². The van der Waals surface area contributed by atoms with Crippen molar-refractivity contribution in [1.29, 1.82) is 5.26 Å². The molecule has 128 valence electrons. The zero-order valence-electron chi connectivity index (χ0n) is 13.3. The van der Waals surface area contributed by atoms with E-state index in [1.54, 1.807) is 54.6 Å².